The number of aryl methyl sites for hydroxylation is 1. The molecule has 0 atom stereocenters. The molecule has 106 valence electrons. The Morgan fingerprint density at radius 3 is 2.86 bits per heavy atom. The largest absolute Gasteiger partial charge is 0.506 e. The monoisotopic (exact) mass is 301 g/mol. The highest BCUT2D eigenvalue weighted by Crippen LogP contribution is 2.28. The van der Waals surface area contributed by atoms with Gasteiger partial charge in [-0.1, -0.05) is 12.1 Å². The molecule has 0 aliphatic heterocycles. The molecule has 2 aromatic heterocycles. The van der Waals surface area contributed by atoms with E-state index < -0.39 is 0 Å². The number of rotatable bonds is 2. The van der Waals surface area contributed by atoms with Crippen LogP contribution in [0, 0.1) is 6.92 Å². The van der Waals surface area contributed by atoms with E-state index in [4.69, 9.17) is 0 Å². The van der Waals surface area contributed by atoms with Crippen LogP contribution in [0.5, 0.6) is 5.75 Å². The third-order valence-electron chi connectivity index (χ3n) is 3.09. The van der Waals surface area contributed by atoms with Gasteiger partial charge < -0.3 is 15.4 Å². The Balaban J connectivity index is 2.03. The number of anilines is 1. The summed E-state index contributed by atoms with van der Waals surface area (Å²) in [6.07, 6.45) is 1.31. The number of aromatic amines is 1. The summed E-state index contributed by atoms with van der Waals surface area (Å²) in [7, 11) is 0. The maximum atomic E-state index is 12.3. The molecule has 0 radical (unpaired) electrons. The number of thiophene rings is 1. The van der Waals surface area contributed by atoms with E-state index in [1.54, 1.807) is 25.1 Å². The van der Waals surface area contributed by atoms with Crippen molar-refractivity contribution < 1.29 is 9.90 Å². The van der Waals surface area contributed by atoms with Crippen molar-refractivity contribution in [1.82, 2.24) is 9.97 Å². The van der Waals surface area contributed by atoms with Crippen LogP contribution in [-0.2, 0) is 0 Å². The minimum absolute atomic E-state index is 0.0133. The Labute approximate surface area is 123 Å². The van der Waals surface area contributed by atoms with Crippen LogP contribution in [0.1, 0.15) is 15.2 Å². The molecule has 0 saturated heterocycles. The van der Waals surface area contributed by atoms with Crippen LogP contribution in [-0.4, -0.2) is 21.0 Å². The molecule has 0 unspecified atom stereocenters. The first-order valence-corrected chi connectivity index (χ1v) is 6.95. The quantitative estimate of drug-likeness (QED) is 0.633. The predicted octanol–water partition coefficient (Wildman–Crippen LogP) is 2.25. The van der Waals surface area contributed by atoms with Crippen LogP contribution >= 0.6 is 11.3 Å². The van der Waals surface area contributed by atoms with Crippen molar-refractivity contribution in [1.29, 1.82) is 0 Å². The molecule has 0 fully saturated rings. The molecule has 7 heteroatoms. The SMILES string of the molecule is Cc1c(C(=O)Nc2ccccc2O)sc2nc[nH]c(=O)c12. The lowest BCUT2D eigenvalue weighted by Gasteiger charge is -2.06. The second-order valence-electron chi connectivity index (χ2n) is 4.44. The van der Waals surface area contributed by atoms with Crippen molar-refractivity contribution in [3.8, 4) is 5.75 Å². The number of nitrogens with one attached hydrogen (secondary N) is 2. The van der Waals surface area contributed by atoms with E-state index in [1.807, 2.05) is 0 Å². The summed E-state index contributed by atoms with van der Waals surface area (Å²) in [6, 6.07) is 6.46. The molecule has 0 aliphatic rings. The molecule has 3 rings (SSSR count). The highest BCUT2D eigenvalue weighted by Gasteiger charge is 2.19. The average Bonchev–Trinajstić information content (AvgIpc) is 2.80. The lowest BCUT2D eigenvalue weighted by Crippen LogP contribution is -2.12. The summed E-state index contributed by atoms with van der Waals surface area (Å²) in [5, 5.41) is 12.7. The lowest BCUT2D eigenvalue weighted by atomic mass is 10.2. The van der Waals surface area contributed by atoms with E-state index in [0.29, 0.717) is 26.3 Å². The number of aromatic nitrogens is 2. The minimum Gasteiger partial charge on any atom is -0.506 e. The minimum atomic E-state index is -0.378. The molecular formula is C14H11N3O3S. The van der Waals surface area contributed by atoms with Crippen LogP contribution in [0.2, 0.25) is 0 Å². The summed E-state index contributed by atoms with van der Waals surface area (Å²) < 4.78 is 0. The summed E-state index contributed by atoms with van der Waals surface area (Å²) in [5.41, 5.74) is 0.633. The van der Waals surface area contributed by atoms with Gasteiger partial charge in [0.05, 0.1) is 22.3 Å². The Morgan fingerprint density at radius 2 is 2.14 bits per heavy atom. The number of hydrogen-bond acceptors (Lipinski definition) is 5. The van der Waals surface area contributed by atoms with Gasteiger partial charge in [-0.05, 0) is 24.6 Å². The smallest absolute Gasteiger partial charge is 0.266 e. The topological polar surface area (TPSA) is 95.1 Å². The zero-order valence-corrected chi connectivity index (χ0v) is 11.8. The standard InChI is InChI=1S/C14H11N3O3S/c1-7-10-12(19)15-6-16-14(10)21-11(7)13(20)17-8-4-2-3-5-9(8)18/h2-6,18H,1H3,(H,17,20)(H,15,16,19). The number of phenolic OH excluding ortho intramolecular Hbond substituents is 1. The fourth-order valence-corrected chi connectivity index (χ4v) is 3.10. The molecule has 3 aromatic rings. The molecule has 2 heterocycles. The van der Waals surface area contributed by atoms with Gasteiger partial charge in [-0.15, -0.1) is 11.3 Å². The number of aromatic hydroxyl groups is 1. The fourth-order valence-electron chi connectivity index (χ4n) is 2.05. The van der Waals surface area contributed by atoms with E-state index in [9.17, 15) is 14.7 Å². The number of phenols is 1. The molecule has 1 amide bonds. The molecule has 6 nitrogen and oxygen atoms in total. The van der Waals surface area contributed by atoms with Gasteiger partial charge in [0.1, 0.15) is 10.6 Å². The van der Waals surface area contributed by atoms with Crippen molar-refractivity contribution in [2.75, 3.05) is 5.32 Å². The highest BCUT2D eigenvalue weighted by molar-refractivity contribution is 7.20. The first-order valence-electron chi connectivity index (χ1n) is 6.14. The number of amides is 1. The number of nitrogens with zero attached hydrogens (tertiary/aromatic N) is 1. The maximum absolute atomic E-state index is 12.3. The lowest BCUT2D eigenvalue weighted by molar-refractivity contribution is 0.102. The van der Waals surface area contributed by atoms with Crippen LogP contribution < -0.4 is 10.9 Å². The zero-order valence-electron chi connectivity index (χ0n) is 11.0. The molecule has 0 spiro atoms. The number of H-pyrrole nitrogens is 1. The summed E-state index contributed by atoms with van der Waals surface area (Å²) >= 11 is 1.15. The molecular weight excluding hydrogens is 290 g/mol. The van der Waals surface area contributed by atoms with Crippen molar-refractivity contribution in [2.24, 2.45) is 0 Å². The fraction of sp³-hybridized carbons (Fsp3) is 0.0714. The normalized spacial score (nSPS) is 10.7. The molecule has 0 saturated carbocycles. The maximum Gasteiger partial charge on any atom is 0.266 e. The summed E-state index contributed by atoms with van der Waals surface area (Å²) in [5.74, 6) is -0.392. The molecule has 0 bridgehead atoms. The Hall–Kier alpha value is -2.67. The third-order valence-corrected chi connectivity index (χ3v) is 4.29. The van der Waals surface area contributed by atoms with Crippen molar-refractivity contribution in [3.05, 3.63) is 51.4 Å². The van der Waals surface area contributed by atoms with E-state index in [0.717, 1.165) is 11.3 Å². The molecule has 1 aromatic carbocycles. The van der Waals surface area contributed by atoms with Crippen molar-refractivity contribution in [2.45, 2.75) is 6.92 Å². The van der Waals surface area contributed by atoms with E-state index in [-0.39, 0.29) is 17.2 Å². The van der Waals surface area contributed by atoms with Crippen molar-refractivity contribution in [3.63, 3.8) is 0 Å². The van der Waals surface area contributed by atoms with Crippen molar-refractivity contribution >= 4 is 33.1 Å². The number of benzene rings is 1. The van der Waals surface area contributed by atoms with E-state index in [2.05, 4.69) is 15.3 Å². The summed E-state index contributed by atoms with van der Waals surface area (Å²) in [4.78, 5) is 31.6. The van der Waals surface area contributed by atoms with E-state index in [1.165, 1.54) is 12.4 Å². The van der Waals surface area contributed by atoms with Gasteiger partial charge in [0.2, 0.25) is 0 Å². The third kappa shape index (κ3) is 2.27. The van der Waals surface area contributed by atoms with Gasteiger partial charge >= 0.3 is 0 Å². The Bertz CT molecular complexity index is 898. The number of carbonyl (C=O) groups is 1. The van der Waals surface area contributed by atoms with Gasteiger partial charge in [0.15, 0.2) is 0 Å². The van der Waals surface area contributed by atoms with E-state index >= 15 is 0 Å². The molecule has 3 N–H and O–H groups in total. The average molecular weight is 301 g/mol. The Morgan fingerprint density at radius 1 is 1.38 bits per heavy atom. The first-order chi connectivity index (χ1) is 10.1. The van der Waals surface area contributed by atoms with Gasteiger partial charge in [0, 0.05) is 0 Å². The number of fused-ring (bicyclic) bond motifs is 1. The van der Waals surface area contributed by atoms with Gasteiger partial charge in [-0.2, -0.15) is 0 Å². The highest BCUT2D eigenvalue weighted by atomic mass is 32.1. The molecule has 21 heavy (non-hydrogen) atoms. The second-order valence-corrected chi connectivity index (χ2v) is 5.44. The number of hydrogen-bond donors (Lipinski definition) is 3. The van der Waals surface area contributed by atoms with Gasteiger partial charge in [-0.3, -0.25) is 9.59 Å². The predicted molar refractivity (Wildman–Crippen MR) is 81.0 cm³/mol. The number of carbonyl (C=O) groups excluding carboxylic acids is 1. The van der Waals surface area contributed by atoms with Gasteiger partial charge in [0.25, 0.3) is 11.5 Å². The second kappa shape index (κ2) is 5.02. The van der Waals surface area contributed by atoms with Crippen LogP contribution in [0.15, 0.2) is 35.4 Å². The molecule has 0 aliphatic carbocycles. The van der Waals surface area contributed by atoms with Crippen LogP contribution in [0.4, 0.5) is 5.69 Å². The zero-order chi connectivity index (χ0) is 15.0. The van der Waals surface area contributed by atoms with Crippen LogP contribution in [0.25, 0.3) is 10.2 Å². The van der Waals surface area contributed by atoms with Crippen LogP contribution in [0.3, 0.4) is 0 Å². The Kier molecular flexibility index (Phi) is 3.19. The first kappa shape index (κ1) is 13.3. The number of para-hydroxylation sites is 2. The van der Waals surface area contributed by atoms with Gasteiger partial charge in [-0.25, -0.2) is 4.98 Å². The summed E-state index contributed by atoms with van der Waals surface area (Å²) in [6.45, 7) is 1.70.